The highest BCUT2D eigenvalue weighted by Gasteiger charge is 2.09. The lowest BCUT2D eigenvalue weighted by Gasteiger charge is -2.09. The van der Waals surface area contributed by atoms with Crippen LogP contribution >= 0.6 is 23.2 Å². The molecule has 3 rings (SSSR count). The first-order valence-electron chi connectivity index (χ1n) is 7.51. The van der Waals surface area contributed by atoms with Gasteiger partial charge in [0.15, 0.2) is 0 Å². The number of hydrogen-bond acceptors (Lipinski definition) is 3. The smallest absolute Gasteiger partial charge is 0.267 e. The van der Waals surface area contributed by atoms with E-state index in [1.165, 1.54) is 42.5 Å². The largest absolute Gasteiger partial charge is 0.324 e. The number of anilines is 1. The highest BCUT2D eigenvalue weighted by atomic mass is 35.5. The second-order valence-corrected chi connectivity index (χ2v) is 6.30. The topological polar surface area (TPSA) is 64.0 Å². The maximum absolute atomic E-state index is 13.0. The summed E-state index contributed by atoms with van der Waals surface area (Å²) in [5, 5.41) is 7.52. The summed E-state index contributed by atoms with van der Waals surface area (Å²) in [6.45, 7) is -0.294. The van der Waals surface area contributed by atoms with Crippen molar-refractivity contribution < 1.29 is 9.18 Å². The average molecular weight is 392 g/mol. The third-order valence-electron chi connectivity index (χ3n) is 3.45. The fraction of sp³-hybridized carbons (Fsp3) is 0.0556. The normalized spacial score (nSPS) is 10.6. The molecule has 0 unspecified atom stereocenters. The van der Waals surface area contributed by atoms with Crippen molar-refractivity contribution in [1.29, 1.82) is 0 Å². The lowest BCUT2D eigenvalue weighted by molar-refractivity contribution is -0.117. The standard InChI is InChI=1S/C18H12Cl2FN3O2/c19-12-7-13(20)9-15(8-12)22-17(25)10-24-18(26)6-5-16(23-24)11-1-3-14(21)4-2-11/h1-9H,10H2,(H,22,25). The molecule has 2 aromatic carbocycles. The van der Waals surface area contributed by atoms with Gasteiger partial charge in [-0.05, 0) is 48.5 Å². The summed E-state index contributed by atoms with van der Waals surface area (Å²) < 4.78 is 14.1. The molecule has 8 heteroatoms. The van der Waals surface area contributed by atoms with Gasteiger partial charge in [-0.25, -0.2) is 9.07 Å². The van der Waals surface area contributed by atoms with Crippen LogP contribution in [-0.4, -0.2) is 15.7 Å². The minimum Gasteiger partial charge on any atom is -0.324 e. The molecule has 26 heavy (non-hydrogen) atoms. The molecule has 0 saturated carbocycles. The number of carbonyl (C=O) groups excluding carboxylic acids is 1. The Kier molecular flexibility index (Phi) is 5.35. The van der Waals surface area contributed by atoms with Crippen molar-refractivity contribution in [2.75, 3.05) is 5.32 Å². The van der Waals surface area contributed by atoms with E-state index in [1.807, 2.05) is 0 Å². The zero-order valence-electron chi connectivity index (χ0n) is 13.2. The molecule has 1 amide bonds. The zero-order chi connectivity index (χ0) is 18.7. The Labute approximate surface area is 158 Å². The molecule has 1 N–H and O–H groups in total. The number of aromatic nitrogens is 2. The molecule has 1 heterocycles. The second-order valence-electron chi connectivity index (χ2n) is 5.43. The highest BCUT2D eigenvalue weighted by molar-refractivity contribution is 6.35. The summed E-state index contributed by atoms with van der Waals surface area (Å²) in [5.41, 5.74) is 1.05. The Hall–Kier alpha value is -2.70. The van der Waals surface area contributed by atoms with E-state index in [-0.39, 0.29) is 12.4 Å². The van der Waals surface area contributed by atoms with E-state index >= 15 is 0 Å². The summed E-state index contributed by atoms with van der Waals surface area (Å²) >= 11 is 11.8. The summed E-state index contributed by atoms with van der Waals surface area (Å²) in [6.07, 6.45) is 0. The lowest BCUT2D eigenvalue weighted by Crippen LogP contribution is -2.29. The third-order valence-corrected chi connectivity index (χ3v) is 3.88. The van der Waals surface area contributed by atoms with Crippen molar-refractivity contribution in [2.45, 2.75) is 6.54 Å². The van der Waals surface area contributed by atoms with Gasteiger partial charge >= 0.3 is 0 Å². The maximum atomic E-state index is 13.0. The quantitative estimate of drug-likeness (QED) is 0.730. The van der Waals surface area contributed by atoms with Crippen molar-refractivity contribution in [3.8, 4) is 11.3 Å². The molecular formula is C18H12Cl2FN3O2. The number of halogens is 3. The molecule has 5 nitrogen and oxygen atoms in total. The van der Waals surface area contributed by atoms with Gasteiger partial charge < -0.3 is 5.32 Å². The van der Waals surface area contributed by atoms with Crippen LogP contribution in [0.5, 0.6) is 0 Å². The molecule has 0 aliphatic rings. The first kappa shape index (κ1) is 18.1. The monoisotopic (exact) mass is 391 g/mol. The number of nitrogens with one attached hydrogen (secondary N) is 1. The van der Waals surface area contributed by atoms with E-state index < -0.39 is 11.5 Å². The fourth-order valence-electron chi connectivity index (χ4n) is 2.30. The first-order chi connectivity index (χ1) is 12.4. The van der Waals surface area contributed by atoms with Crippen molar-refractivity contribution >= 4 is 34.8 Å². The summed E-state index contributed by atoms with van der Waals surface area (Å²) in [6, 6.07) is 13.1. The van der Waals surface area contributed by atoms with Gasteiger partial charge in [0, 0.05) is 27.4 Å². The van der Waals surface area contributed by atoms with E-state index in [2.05, 4.69) is 10.4 Å². The van der Waals surface area contributed by atoms with Gasteiger partial charge in [0.05, 0.1) is 5.69 Å². The van der Waals surface area contributed by atoms with E-state index in [0.717, 1.165) is 4.68 Å². The van der Waals surface area contributed by atoms with Crippen molar-refractivity contribution in [3.05, 3.63) is 80.8 Å². The molecular weight excluding hydrogens is 380 g/mol. The molecule has 0 saturated heterocycles. The van der Waals surface area contributed by atoms with Gasteiger partial charge in [-0.15, -0.1) is 0 Å². The van der Waals surface area contributed by atoms with Crippen LogP contribution in [0.4, 0.5) is 10.1 Å². The molecule has 0 aliphatic carbocycles. The molecule has 1 aromatic heterocycles. The van der Waals surface area contributed by atoms with Gasteiger partial charge in [0.2, 0.25) is 5.91 Å². The maximum Gasteiger partial charge on any atom is 0.267 e. The number of rotatable bonds is 4. The summed E-state index contributed by atoms with van der Waals surface area (Å²) in [7, 11) is 0. The minimum absolute atomic E-state index is 0.294. The SMILES string of the molecule is O=C(Cn1nc(-c2ccc(F)cc2)ccc1=O)Nc1cc(Cl)cc(Cl)c1. The first-order valence-corrected chi connectivity index (χ1v) is 8.26. The molecule has 3 aromatic rings. The molecule has 0 fully saturated rings. The lowest BCUT2D eigenvalue weighted by atomic mass is 10.1. The van der Waals surface area contributed by atoms with Crippen LogP contribution < -0.4 is 10.9 Å². The van der Waals surface area contributed by atoms with Crippen molar-refractivity contribution in [3.63, 3.8) is 0 Å². The van der Waals surface area contributed by atoms with E-state index in [0.29, 0.717) is 27.0 Å². The van der Waals surface area contributed by atoms with E-state index in [1.54, 1.807) is 12.1 Å². The predicted molar refractivity (Wildman–Crippen MR) is 99.0 cm³/mol. The molecule has 0 bridgehead atoms. The molecule has 132 valence electrons. The van der Waals surface area contributed by atoms with Gasteiger partial charge in [0.1, 0.15) is 12.4 Å². The zero-order valence-corrected chi connectivity index (χ0v) is 14.8. The second kappa shape index (κ2) is 7.68. The van der Waals surface area contributed by atoms with Gasteiger partial charge in [-0.3, -0.25) is 9.59 Å². The number of carbonyl (C=O) groups is 1. The number of nitrogens with zero attached hydrogens (tertiary/aromatic N) is 2. The van der Waals surface area contributed by atoms with Crippen LogP contribution in [-0.2, 0) is 11.3 Å². The summed E-state index contributed by atoms with van der Waals surface area (Å²) in [5.74, 6) is -0.837. The third kappa shape index (κ3) is 4.47. The molecule has 0 aliphatic heterocycles. The molecule has 0 spiro atoms. The van der Waals surface area contributed by atoms with E-state index in [9.17, 15) is 14.0 Å². The van der Waals surface area contributed by atoms with Gasteiger partial charge in [-0.2, -0.15) is 5.10 Å². The van der Waals surface area contributed by atoms with Crippen molar-refractivity contribution in [2.24, 2.45) is 0 Å². The average Bonchev–Trinajstić information content (AvgIpc) is 2.56. The Balaban J connectivity index is 1.80. The fourth-order valence-corrected chi connectivity index (χ4v) is 2.83. The van der Waals surface area contributed by atoms with Gasteiger partial charge in [0.25, 0.3) is 5.56 Å². The molecule has 0 radical (unpaired) electrons. The van der Waals surface area contributed by atoms with Crippen LogP contribution in [0.1, 0.15) is 0 Å². The predicted octanol–water partition coefficient (Wildman–Crippen LogP) is 3.99. The number of hydrogen-bond donors (Lipinski definition) is 1. The van der Waals surface area contributed by atoms with Crippen molar-refractivity contribution in [1.82, 2.24) is 9.78 Å². The minimum atomic E-state index is -0.464. The molecule has 0 atom stereocenters. The van der Waals surface area contributed by atoms with Gasteiger partial charge in [-0.1, -0.05) is 23.2 Å². The van der Waals surface area contributed by atoms with Crippen LogP contribution in [0, 0.1) is 5.82 Å². The Morgan fingerprint density at radius 1 is 1.04 bits per heavy atom. The summed E-state index contributed by atoms with van der Waals surface area (Å²) in [4.78, 5) is 24.2. The van der Waals surface area contributed by atoms with Crippen LogP contribution in [0.3, 0.4) is 0 Å². The van der Waals surface area contributed by atoms with Crippen LogP contribution in [0.15, 0.2) is 59.4 Å². The van der Waals surface area contributed by atoms with Crippen LogP contribution in [0.2, 0.25) is 10.0 Å². The van der Waals surface area contributed by atoms with E-state index in [4.69, 9.17) is 23.2 Å². The highest BCUT2D eigenvalue weighted by Crippen LogP contribution is 2.22. The van der Waals surface area contributed by atoms with Crippen LogP contribution in [0.25, 0.3) is 11.3 Å². The Morgan fingerprint density at radius 2 is 1.69 bits per heavy atom. The number of amides is 1. The Bertz CT molecular complexity index is 999. The Morgan fingerprint density at radius 3 is 2.35 bits per heavy atom. The number of benzene rings is 2.